The van der Waals surface area contributed by atoms with E-state index in [1.165, 1.54) is 0 Å². The monoisotopic (exact) mass is 400 g/mol. The van der Waals surface area contributed by atoms with E-state index in [0.717, 1.165) is 45.1 Å². The third kappa shape index (κ3) is 2.99. The van der Waals surface area contributed by atoms with Crippen LogP contribution in [0.3, 0.4) is 0 Å². The molecule has 0 saturated carbocycles. The number of amidine groups is 1. The number of nitrogens with one attached hydrogen (secondary N) is 4. The molecule has 0 fully saturated rings. The number of benzene rings is 2. The van der Waals surface area contributed by atoms with E-state index < -0.39 is 0 Å². The molecule has 0 radical (unpaired) electrons. The van der Waals surface area contributed by atoms with Crippen LogP contribution in [0.15, 0.2) is 75.9 Å². The van der Waals surface area contributed by atoms with Crippen LogP contribution < -0.4 is 26.8 Å². The summed E-state index contributed by atoms with van der Waals surface area (Å²) in [5.74, 6) is 1.74. The molecule has 152 valence electrons. The van der Waals surface area contributed by atoms with E-state index in [1.54, 1.807) is 0 Å². The van der Waals surface area contributed by atoms with Crippen molar-refractivity contribution in [3.05, 3.63) is 87.7 Å². The van der Waals surface area contributed by atoms with Gasteiger partial charge in [0.2, 0.25) is 0 Å². The Balaban J connectivity index is 1.64. The summed E-state index contributed by atoms with van der Waals surface area (Å²) in [6.07, 6.45) is 0. The molecule has 30 heavy (non-hydrogen) atoms. The minimum Gasteiger partial charge on any atom is -0.362 e. The molecule has 2 aliphatic heterocycles. The molecule has 7 heteroatoms. The molecule has 1 aromatic heterocycles. The van der Waals surface area contributed by atoms with Crippen molar-refractivity contribution in [2.45, 2.75) is 19.9 Å². The molecule has 0 spiro atoms. The SMILES string of the molecule is Cc1cccc2cc([C@H](C)NC3=NCNC4=C3NCN4)n(-c3ccccc3)c(=O)c12. The summed E-state index contributed by atoms with van der Waals surface area (Å²) in [4.78, 5) is 18.2. The second-order valence-electron chi connectivity index (χ2n) is 7.57. The Kier molecular flexibility index (Phi) is 4.43. The third-order valence-corrected chi connectivity index (χ3v) is 5.60. The van der Waals surface area contributed by atoms with Gasteiger partial charge in [-0.15, -0.1) is 0 Å². The molecule has 0 saturated heterocycles. The van der Waals surface area contributed by atoms with Gasteiger partial charge < -0.3 is 21.3 Å². The van der Waals surface area contributed by atoms with Crippen LogP contribution in [0, 0.1) is 6.92 Å². The molecule has 2 aromatic carbocycles. The minimum absolute atomic E-state index is 0.00624. The topological polar surface area (TPSA) is 82.5 Å². The highest BCUT2D eigenvalue weighted by molar-refractivity contribution is 5.99. The first-order chi connectivity index (χ1) is 14.6. The number of aromatic nitrogens is 1. The summed E-state index contributed by atoms with van der Waals surface area (Å²) in [5, 5.41) is 15.0. The molecule has 0 bridgehead atoms. The van der Waals surface area contributed by atoms with Gasteiger partial charge in [-0.2, -0.15) is 0 Å². The van der Waals surface area contributed by atoms with Gasteiger partial charge in [0.1, 0.15) is 18.2 Å². The lowest BCUT2D eigenvalue weighted by molar-refractivity contribution is 0.650. The molecule has 5 rings (SSSR count). The number of aryl methyl sites for hydroxylation is 1. The van der Waals surface area contributed by atoms with Gasteiger partial charge >= 0.3 is 0 Å². The average Bonchev–Trinajstić information content (AvgIpc) is 3.24. The number of fused-ring (bicyclic) bond motifs is 1. The van der Waals surface area contributed by atoms with Crippen molar-refractivity contribution in [1.29, 1.82) is 0 Å². The van der Waals surface area contributed by atoms with Crippen LogP contribution in [0.2, 0.25) is 0 Å². The number of hydrogen-bond donors (Lipinski definition) is 4. The lowest BCUT2D eigenvalue weighted by Gasteiger charge is -2.24. The predicted molar refractivity (Wildman–Crippen MR) is 119 cm³/mol. The normalized spacial score (nSPS) is 16.3. The third-order valence-electron chi connectivity index (χ3n) is 5.60. The number of para-hydroxylation sites is 1. The molecule has 3 heterocycles. The van der Waals surface area contributed by atoms with Gasteiger partial charge in [0.05, 0.1) is 18.1 Å². The molecule has 0 amide bonds. The summed E-state index contributed by atoms with van der Waals surface area (Å²) in [6.45, 7) is 5.21. The molecule has 0 unspecified atom stereocenters. The van der Waals surface area contributed by atoms with Crippen LogP contribution in [-0.4, -0.2) is 23.7 Å². The first-order valence-electron chi connectivity index (χ1n) is 10.1. The van der Waals surface area contributed by atoms with Gasteiger partial charge in [0.25, 0.3) is 5.56 Å². The number of aliphatic imine (C=N–C) groups is 1. The number of rotatable bonds is 3. The maximum Gasteiger partial charge on any atom is 0.263 e. The summed E-state index contributed by atoms with van der Waals surface area (Å²) < 4.78 is 1.81. The van der Waals surface area contributed by atoms with Crippen LogP contribution in [0.25, 0.3) is 16.5 Å². The highest BCUT2D eigenvalue weighted by Crippen LogP contribution is 2.23. The summed E-state index contributed by atoms with van der Waals surface area (Å²) in [7, 11) is 0. The first kappa shape index (κ1) is 18.3. The van der Waals surface area contributed by atoms with Crippen LogP contribution >= 0.6 is 0 Å². The molecule has 2 aliphatic rings. The maximum absolute atomic E-state index is 13.6. The second-order valence-corrected chi connectivity index (χ2v) is 7.57. The summed E-state index contributed by atoms with van der Waals surface area (Å²) >= 11 is 0. The van der Waals surface area contributed by atoms with Crippen LogP contribution in [0.4, 0.5) is 0 Å². The smallest absolute Gasteiger partial charge is 0.263 e. The zero-order valence-corrected chi connectivity index (χ0v) is 17.0. The molecule has 0 aliphatic carbocycles. The zero-order chi connectivity index (χ0) is 20.7. The van der Waals surface area contributed by atoms with Crippen molar-refractivity contribution in [3.8, 4) is 5.69 Å². The van der Waals surface area contributed by atoms with Crippen molar-refractivity contribution in [1.82, 2.24) is 25.8 Å². The Labute approximate surface area is 174 Å². The lowest BCUT2D eigenvalue weighted by Crippen LogP contribution is -2.39. The Morgan fingerprint density at radius 2 is 1.90 bits per heavy atom. The van der Waals surface area contributed by atoms with E-state index in [0.29, 0.717) is 13.3 Å². The zero-order valence-electron chi connectivity index (χ0n) is 17.0. The van der Waals surface area contributed by atoms with E-state index in [-0.39, 0.29) is 11.6 Å². The Morgan fingerprint density at radius 3 is 2.73 bits per heavy atom. The fourth-order valence-corrected chi connectivity index (χ4v) is 4.14. The van der Waals surface area contributed by atoms with Crippen molar-refractivity contribution < 1.29 is 0 Å². The Hall–Kier alpha value is -3.74. The summed E-state index contributed by atoms with van der Waals surface area (Å²) in [5.41, 5.74) is 3.64. The van der Waals surface area contributed by atoms with E-state index >= 15 is 0 Å². The second kappa shape index (κ2) is 7.26. The molecular weight excluding hydrogens is 376 g/mol. The van der Waals surface area contributed by atoms with Crippen molar-refractivity contribution in [2.24, 2.45) is 4.99 Å². The van der Waals surface area contributed by atoms with Gasteiger partial charge in [0.15, 0.2) is 5.84 Å². The Morgan fingerprint density at radius 1 is 1.07 bits per heavy atom. The van der Waals surface area contributed by atoms with Crippen LogP contribution in [0.5, 0.6) is 0 Å². The highest BCUT2D eigenvalue weighted by atomic mass is 16.1. The number of hydrogen-bond acceptors (Lipinski definition) is 6. The molecular formula is C23H24N6O. The van der Waals surface area contributed by atoms with Gasteiger partial charge in [-0.3, -0.25) is 9.36 Å². The van der Waals surface area contributed by atoms with E-state index in [9.17, 15) is 4.79 Å². The average molecular weight is 400 g/mol. The number of pyridine rings is 1. The molecule has 4 N–H and O–H groups in total. The van der Waals surface area contributed by atoms with Gasteiger partial charge in [-0.1, -0.05) is 36.4 Å². The lowest BCUT2D eigenvalue weighted by atomic mass is 10.0. The van der Waals surface area contributed by atoms with E-state index in [4.69, 9.17) is 0 Å². The fourth-order valence-electron chi connectivity index (χ4n) is 4.14. The predicted octanol–water partition coefficient (Wildman–Crippen LogP) is 2.23. The molecule has 1 atom stereocenters. The fraction of sp³-hybridized carbons (Fsp3) is 0.217. The maximum atomic E-state index is 13.6. The largest absolute Gasteiger partial charge is 0.362 e. The van der Waals surface area contributed by atoms with Gasteiger partial charge in [-0.25, -0.2) is 4.99 Å². The van der Waals surface area contributed by atoms with E-state index in [1.807, 2.05) is 60.0 Å². The van der Waals surface area contributed by atoms with Gasteiger partial charge in [0, 0.05) is 11.4 Å². The van der Waals surface area contributed by atoms with E-state index in [2.05, 4.69) is 39.2 Å². The van der Waals surface area contributed by atoms with Crippen LogP contribution in [-0.2, 0) is 0 Å². The van der Waals surface area contributed by atoms with Gasteiger partial charge in [-0.05, 0) is 43.0 Å². The summed E-state index contributed by atoms with van der Waals surface area (Å²) in [6, 6.07) is 17.7. The quantitative estimate of drug-likeness (QED) is 0.542. The van der Waals surface area contributed by atoms with Crippen molar-refractivity contribution in [3.63, 3.8) is 0 Å². The van der Waals surface area contributed by atoms with Crippen molar-refractivity contribution in [2.75, 3.05) is 13.3 Å². The molecule has 7 nitrogen and oxygen atoms in total. The first-order valence-corrected chi connectivity index (χ1v) is 10.1. The Bertz CT molecular complexity index is 1240. The standard InChI is InChI=1S/C23H24N6O/c1-14-7-6-8-16-11-18(29(23(30)19(14)16)17-9-4-3-5-10-17)15(2)28-22-20-21(25-12-24-20)26-13-27-22/h3-11,15,24-26H,12-13H2,1-2H3,(H,27,28)/t15-/m0/s1. The number of nitrogens with zero attached hydrogens (tertiary/aromatic N) is 2. The molecule has 3 aromatic rings. The van der Waals surface area contributed by atoms with Crippen LogP contribution in [0.1, 0.15) is 24.2 Å². The van der Waals surface area contributed by atoms with Crippen molar-refractivity contribution >= 4 is 16.6 Å². The highest BCUT2D eigenvalue weighted by Gasteiger charge is 2.24. The minimum atomic E-state index is -0.143.